The number of nitrogens with zero attached hydrogens (tertiary/aromatic N) is 6. The van der Waals surface area contributed by atoms with Crippen LogP contribution < -0.4 is 16.3 Å². The van der Waals surface area contributed by atoms with Gasteiger partial charge in [-0.15, -0.1) is 0 Å². The number of halogens is 1. The Morgan fingerprint density at radius 2 is 1.91 bits per heavy atom. The summed E-state index contributed by atoms with van der Waals surface area (Å²) < 4.78 is 10.2. The molecule has 0 saturated carbocycles. The second-order valence-corrected chi connectivity index (χ2v) is 10.3. The van der Waals surface area contributed by atoms with Crippen LogP contribution in [0.25, 0.3) is 28.1 Å². The predicted molar refractivity (Wildman–Crippen MR) is 139 cm³/mol. The number of piperidine rings is 1. The summed E-state index contributed by atoms with van der Waals surface area (Å²) in [6.07, 6.45) is 4.50. The molecule has 0 aliphatic carbocycles. The topological polar surface area (TPSA) is 137 Å². The highest BCUT2D eigenvalue weighted by Crippen LogP contribution is 2.31. The van der Waals surface area contributed by atoms with Gasteiger partial charge in [0.05, 0.1) is 11.0 Å². The average molecular weight is 588 g/mol. The molecule has 0 spiro atoms. The summed E-state index contributed by atoms with van der Waals surface area (Å²) in [6, 6.07) is 6.02. The predicted octanol–water partition coefficient (Wildman–Crippen LogP) is 2.12. The number of carbonyl (C=O) groups excluding carboxylic acids is 1. The number of rotatable bonds is 4. The fourth-order valence-electron chi connectivity index (χ4n) is 5.11. The molecule has 6 rings (SSSR count). The lowest BCUT2D eigenvalue weighted by molar-refractivity contribution is -0.122. The Morgan fingerprint density at radius 3 is 2.66 bits per heavy atom. The van der Waals surface area contributed by atoms with E-state index in [1.807, 2.05) is 22.8 Å². The summed E-state index contributed by atoms with van der Waals surface area (Å²) in [7, 11) is 0. The van der Waals surface area contributed by atoms with Gasteiger partial charge in [0.15, 0.2) is 11.5 Å². The van der Waals surface area contributed by atoms with E-state index in [1.54, 1.807) is 10.9 Å². The van der Waals surface area contributed by atoms with Crippen molar-refractivity contribution in [3.63, 3.8) is 0 Å². The fourth-order valence-corrected chi connectivity index (χ4v) is 5.59. The number of primary amides is 1. The molecule has 2 aliphatic heterocycles. The minimum atomic E-state index is -0.267. The lowest BCUT2D eigenvalue weighted by atomic mass is 9.96. The molecule has 2 aliphatic rings. The van der Waals surface area contributed by atoms with Gasteiger partial charge in [-0.05, 0) is 66.5 Å². The Hall–Kier alpha value is -3.00. The van der Waals surface area contributed by atoms with Crippen molar-refractivity contribution in [3.8, 4) is 5.95 Å². The zero-order chi connectivity index (χ0) is 24.1. The minimum absolute atomic E-state index is 0.00155. The van der Waals surface area contributed by atoms with Crippen LogP contribution in [0.1, 0.15) is 31.7 Å². The Kier molecular flexibility index (Phi) is 5.71. The summed E-state index contributed by atoms with van der Waals surface area (Å²) in [6.45, 7) is 2.46. The molecule has 11 nitrogen and oxygen atoms in total. The van der Waals surface area contributed by atoms with Gasteiger partial charge >= 0.3 is 5.69 Å². The van der Waals surface area contributed by atoms with Gasteiger partial charge in [-0.1, -0.05) is 0 Å². The third-order valence-electron chi connectivity index (χ3n) is 7.02. The van der Waals surface area contributed by atoms with E-state index in [2.05, 4.69) is 37.5 Å². The Morgan fingerprint density at radius 1 is 1.14 bits per heavy atom. The molecule has 35 heavy (non-hydrogen) atoms. The van der Waals surface area contributed by atoms with Gasteiger partial charge in [0, 0.05) is 41.8 Å². The molecule has 5 heterocycles. The van der Waals surface area contributed by atoms with Crippen molar-refractivity contribution in [2.75, 3.05) is 31.2 Å². The van der Waals surface area contributed by atoms with E-state index < -0.39 is 0 Å². The molecule has 0 atom stereocenters. The number of hydrogen-bond acceptors (Lipinski definition) is 7. The van der Waals surface area contributed by atoms with Gasteiger partial charge in [0.2, 0.25) is 11.9 Å². The van der Waals surface area contributed by atoms with Gasteiger partial charge in [-0.2, -0.15) is 9.97 Å². The van der Waals surface area contributed by atoms with E-state index in [9.17, 15) is 9.59 Å². The number of amides is 1. The molecule has 2 fully saturated rings. The number of nitrogens with two attached hydrogens (primary N) is 1. The molecule has 12 heteroatoms. The van der Waals surface area contributed by atoms with E-state index in [4.69, 9.17) is 20.4 Å². The molecule has 182 valence electrons. The number of H-pyrrole nitrogens is 1. The van der Waals surface area contributed by atoms with Crippen LogP contribution >= 0.6 is 22.6 Å². The summed E-state index contributed by atoms with van der Waals surface area (Å²) >= 11 is 2.27. The third-order valence-corrected chi connectivity index (χ3v) is 7.69. The Bertz CT molecular complexity index is 1480. The molecular formula is C23H25IN8O3. The van der Waals surface area contributed by atoms with E-state index >= 15 is 0 Å². The normalized spacial score (nSPS) is 18.0. The summed E-state index contributed by atoms with van der Waals surface area (Å²) in [4.78, 5) is 44.4. The van der Waals surface area contributed by atoms with Crippen molar-refractivity contribution in [2.24, 2.45) is 11.7 Å². The van der Waals surface area contributed by atoms with Crippen LogP contribution in [0, 0.1) is 9.49 Å². The number of imidazole rings is 2. The first-order valence-corrected chi connectivity index (χ1v) is 12.8. The van der Waals surface area contributed by atoms with Crippen LogP contribution in [0.15, 0.2) is 29.3 Å². The second kappa shape index (κ2) is 8.90. The number of nitrogens with one attached hydrogen (secondary N) is 1. The average Bonchev–Trinajstić information content (AvgIpc) is 3.43. The molecule has 1 amide bonds. The first kappa shape index (κ1) is 22.5. The standard InChI is InChI=1S/C23H25IN8O3/c24-14-1-2-16-17(11-14)31(12-26-16)22-28-20(30-7-3-13(4-8-30)19(25)33)18-21(29-22)32(23(34)27-18)15-5-9-35-10-6-15/h1-2,11-13,15H,3-10H2,(H2,25,33)(H,27,34). The van der Waals surface area contributed by atoms with Crippen LogP contribution in [0.5, 0.6) is 0 Å². The van der Waals surface area contributed by atoms with Gasteiger partial charge in [-0.25, -0.2) is 9.78 Å². The molecule has 0 radical (unpaired) electrons. The van der Waals surface area contributed by atoms with E-state index in [1.165, 1.54) is 0 Å². The zero-order valence-corrected chi connectivity index (χ0v) is 21.1. The summed E-state index contributed by atoms with van der Waals surface area (Å²) in [5, 5.41) is 0. The first-order chi connectivity index (χ1) is 17.0. The minimum Gasteiger partial charge on any atom is -0.381 e. The van der Waals surface area contributed by atoms with E-state index in [0.717, 1.165) is 27.4 Å². The van der Waals surface area contributed by atoms with Crippen LogP contribution in [0.3, 0.4) is 0 Å². The molecule has 0 unspecified atom stereocenters. The van der Waals surface area contributed by atoms with E-state index in [0.29, 0.717) is 62.1 Å². The lowest BCUT2D eigenvalue weighted by Gasteiger charge is -2.31. The third kappa shape index (κ3) is 3.97. The van der Waals surface area contributed by atoms with Crippen molar-refractivity contribution in [1.82, 2.24) is 29.1 Å². The number of hydrogen-bond donors (Lipinski definition) is 2. The van der Waals surface area contributed by atoms with Gasteiger partial charge in [0.25, 0.3) is 0 Å². The van der Waals surface area contributed by atoms with Crippen molar-refractivity contribution >= 4 is 56.5 Å². The van der Waals surface area contributed by atoms with Crippen LogP contribution in [-0.4, -0.2) is 61.3 Å². The monoisotopic (exact) mass is 588 g/mol. The van der Waals surface area contributed by atoms with E-state index in [-0.39, 0.29) is 23.6 Å². The molecule has 3 N–H and O–H groups in total. The SMILES string of the molecule is NC(=O)C1CCN(c2nc(-n3cnc4ccc(I)cc43)nc3c2[nH]c(=O)n3C2CCOCC2)CC1. The number of aromatic amines is 1. The molecule has 0 bridgehead atoms. The van der Waals surface area contributed by atoms with Crippen LogP contribution in [0.4, 0.5) is 5.82 Å². The largest absolute Gasteiger partial charge is 0.381 e. The molecule has 1 aromatic carbocycles. The van der Waals surface area contributed by atoms with Crippen molar-refractivity contribution in [3.05, 3.63) is 38.6 Å². The number of carbonyl (C=O) groups is 1. The molecule has 2 saturated heterocycles. The smallest absolute Gasteiger partial charge is 0.328 e. The number of benzene rings is 1. The maximum absolute atomic E-state index is 13.2. The highest BCUT2D eigenvalue weighted by molar-refractivity contribution is 14.1. The van der Waals surface area contributed by atoms with Crippen molar-refractivity contribution in [1.29, 1.82) is 0 Å². The second-order valence-electron chi connectivity index (χ2n) is 9.10. The maximum atomic E-state index is 13.2. The number of ether oxygens (including phenoxy) is 1. The van der Waals surface area contributed by atoms with Crippen molar-refractivity contribution in [2.45, 2.75) is 31.7 Å². The number of fused-ring (bicyclic) bond motifs is 2. The molecular weight excluding hydrogens is 563 g/mol. The van der Waals surface area contributed by atoms with Gasteiger partial charge in [0.1, 0.15) is 11.8 Å². The highest BCUT2D eigenvalue weighted by atomic mass is 127. The molecule has 4 aromatic rings. The lowest BCUT2D eigenvalue weighted by Crippen LogP contribution is -2.39. The summed E-state index contributed by atoms with van der Waals surface area (Å²) in [5.74, 6) is 0.697. The Balaban J connectivity index is 1.53. The number of aromatic nitrogens is 6. The van der Waals surface area contributed by atoms with Crippen LogP contribution in [-0.2, 0) is 9.53 Å². The Labute approximate surface area is 213 Å². The zero-order valence-electron chi connectivity index (χ0n) is 19.0. The van der Waals surface area contributed by atoms with Gasteiger partial charge in [-0.3, -0.25) is 13.9 Å². The fraction of sp³-hybridized carbons (Fsp3) is 0.435. The maximum Gasteiger partial charge on any atom is 0.328 e. The van der Waals surface area contributed by atoms with Gasteiger partial charge < -0.3 is 20.4 Å². The highest BCUT2D eigenvalue weighted by Gasteiger charge is 2.29. The first-order valence-electron chi connectivity index (χ1n) is 11.8. The summed E-state index contributed by atoms with van der Waals surface area (Å²) in [5.41, 5.74) is 8.27. The quantitative estimate of drug-likeness (QED) is 0.349. The number of anilines is 1. The van der Waals surface area contributed by atoms with Crippen molar-refractivity contribution < 1.29 is 9.53 Å². The molecule has 3 aromatic heterocycles. The van der Waals surface area contributed by atoms with Crippen LogP contribution in [0.2, 0.25) is 0 Å².